The zero-order valence-electron chi connectivity index (χ0n) is 22.6. The lowest BCUT2D eigenvalue weighted by atomic mass is 10.4. The number of nitrogens with zero attached hydrogens (tertiary/aromatic N) is 4. The second-order valence-corrected chi connectivity index (χ2v) is 14.6. The van der Waals surface area contributed by atoms with Crippen LogP contribution in [0.4, 0.5) is 11.6 Å². The molecule has 0 spiro atoms. The SMILES string of the molecule is c1ccc(P(c2ccccc2)N(CP(=Nc2ccccn2)(c2ccccc2)c2ccccc2)c2ccccn2)cc1. The minimum absolute atomic E-state index is 0.657. The van der Waals surface area contributed by atoms with Gasteiger partial charge >= 0.3 is 0 Å². The van der Waals surface area contributed by atoms with Crippen molar-refractivity contribution in [2.24, 2.45) is 4.74 Å². The monoisotopic (exact) mass is 568 g/mol. The molecule has 0 atom stereocenters. The van der Waals surface area contributed by atoms with E-state index in [1.54, 1.807) is 0 Å². The van der Waals surface area contributed by atoms with Crippen LogP contribution >= 0.6 is 15.1 Å². The fourth-order valence-electron chi connectivity index (χ4n) is 4.90. The molecule has 200 valence electrons. The first kappa shape index (κ1) is 26.8. The molecule has 0 radical (unpaired) electrons. The van der Waals surface area contributed by atoms with Crippen molar-refractivity contribution in [1.29, 1.82) is 0 Å². The number of benzene rings is 4. The summed E-state index contributed by atoms with van der Waals surface area (Å²) >= 11 is 0. The Hall–Kier alpha value is -4.36. The lowest BCUT2D eigenvalue weighted by molar-refractivity contribution is 1.17. The molecule has 41 heavy (non-hydrogen) atoms. The molecule has 0 aliphatic carbocycles. The Morgan fingerprint density at radius 1 is 0.512 bits per heavy atom. The van der Waals surface area contributed by atoms with Crippen LogP contribution in [0.5, 0.6) is 0 Å². The zero-order valence-corrected chi connectivity index (χ0v) is 24.3. The van der Waals surface area contributed by atoms with Crippen LogP contribution in [0.3, 0.4) is 0 Å². The van der Waals surface area contributed by atoms with Gasteiger partial charge in [-0.1, -0.05) is 133 Å². The normalized spacial score (nSPS) is 11.2. The molecule has 0 aliphatic rings. The van der Waals surface area contributed by atoms with E-state index in [-0.39, 0.29) is 0 Å². The van der Waals surface area contributed by atoms with Gasteiger partial charge in [0.15, 0.2) is 5.82 Å². The summed E-state index contributed by atoms with van der Waals surface area (Å²) in [4.78, 5) is 9.62. The molecular formula is C35H30N4P2. The highest BCUT2D eigenvalue weighted by molar-refractivity contribution is 7.82. The first-order valence-electron chi connectivity index (χ1n) is 13.6. The molecule has 6 heteroatoms. The van der Waals surface area contributed by atoms with Crippen LogP contribution in [0, 0.1) is 0 Å². The molecule has 0 aliphatic heterocycles. The minimum atomic E-state index is -2.47. The predicted molar refractivity (Wildman–Crippen MR) is 176 cm³/mol. The van der Waals surface area contributed by atoms with Crippen LogP contribution in [-0.4, -0.2) is 16.3 Å². The van der Waals surface area contributed by atoms with Crippen molar-refractivity contribution in [3.8, 4) is 0 Å². The van der Waals surface area contributed by atoms with Crippen molar-refractivity contribution < 1.29 is 0 Å². The molecule has 4 aromatic carbocycles. The number of pyridine rings is 2. The molecule has 0 saturated heterocycles. The first-order chi connectivity index (χ1) is 20.3. The van der Waals surface area contributed by atoms with Gasteiger partial charge in [0.25, 0.3) is 0 Å². The molecule has 2 heterocycles. The van der Waals surface area contributed by atoms with E-state index >= 15 is 0 Å². The van der Waals surface area contributed by atoms with Crippen molar-refractivity contribution in [3.05, 3.63) is 170 Å². The molecule has 0 N–H and O–H groups in total. The Balaban J connectivity index is 1.65. The lowest BCUT2D eigenvalue weighted by Crippen LogP contribution is -2.34. The van der Waals surface area contributed by atoms with Crippen LogP contribution in [0.25, 0.3) is 0 Å². The summed E-state index contributed by atoms with van der Waals surface area (Å²) in [6, 6.07) is 55.2. The van der Waals surface area contributed by atoms with Crippen molar-refractivity contribution in [1.82, 2.24) is 9.97 Å². The summed E-state index contributed by atoms with van der Waals surface area (Å²) in [5.41, 5.74) is 0. The third-order valence-electron chi connectivity index (χ3n) is 6.78. The molecule has 0 unspecified atom stereocenters. The highest BCUT2D eigenvalue weighted by atomic mass is 31.2. The van der Waals surface area contributed by atoms with Crippen LogP contribution in [-0.2, 0) is 0 Å². The van der Waals surface area contributed by atoms with E-state index in [0.717, 1.165) is 11.6 Å². The summed E-state index contributed by atoms with van der Waals surface area (Å²) in [5.74, 6) is 1.66. The maximum Gasteiger partial charge on any atom is 0.151 e. The quantitative estimate of drug-likeness (QED) is 0.170. The van der Waals surface area contributed by atoms with Crippen LogP contribution in [0.15, 0.2) is 175 Å². The summed E-state index contributed by atoms with van der Waals surface area (Å²) in [6.07, 6.45) is 4.36. The molecule has 0 fully saturated rings. The Labute approximate surface area is 243 Å². The molecule has 4 nitrogen and oxygen atoms in total. The number of rotatable bonds is 9. The van der Waals surface area contributed by atoms with E-state index in [2.05, 4.69) is 143 Å². The van der Waals surface area contributed by atoms with Crippen molar-refractivity contribution in [2.45, 2.75) is 0 Å². The number of hydrogen-bond donors (Lipinski definition) is 0. The molecule has 6 aromatic rings. The van der Waals surface area contributed by atoms with E-state index in [1.165, 1.54) is 21.2 Å². The Morgan fingerprint density at radius 2 is 0.976 bits per heavy atom. The third-order valence-corrected chi connectivity index (χ3v) is 13.0. The van der Waals surface area contributed by atoms with Crippen LogP contribution in [0.1, 0.15) is 0 Å². The highest BCUT2D eigenvalue weighted by Gasteiger charge is 2.33. The zero-order chi connectivity index (χ0) is 27.7. The maximum absolute atomic E-state index is 5.61. The van der Waals surface area contributed by atoms with E-state index in [9.17, 15) is 0 Å². The van der Waals surface area contributed by atoms with Gasteiger partial charge in [-0.3, -0.25) is 0 Å². The number of hydrogen-bond acceptors (Lipinski definition) is 4. The van der Waals surface area contributed by atoms with Gasteiger partial charge in [-0.15, -0.1) is 0 Å². The van der Waals surface area contributed by atoms with E-state index < -0.39 is 15.1 Å². The average Bonchev–Trinajstić information content (AvgIpc) is 3.07. The fourth-order valence-corrected chi connectivity index (χ4v) is 11.3. The Bertz CT molecular complexity index is 1620. The van der Waals surface area contributed by atoms with Gasteiger partial charge in [0.05, 0.1) is 21.4 Å². The summed E-state index contributed by atoms with van der Waals surface area (Å²) in [6.45, 7) is 0. The van der Waals surface area contributed by atoms with E-state index in [4.69, 9.17) is 9.73 Å². The summed E-state index contributed by atoms with van der Waals surface area (Å²) < 4.78 is 8.11. The van der Waals surface area contributed by atoms with Crippen molar-refractivity contribution >= 4 is 48.0 Å². The molecule has 0 bridgehead atoms. The van der Waals surface area contributed by atoms with Gasteiger partial charge in [0.1, 0.15) is 5.82 Å². The van der Waals surface area contributed by atoms with E-state index in [0.29, 0.717) is 6.29 Å². The number of anilines is 1. The fraction of sp³-hybridized carbons (Fsp3) is 0.0286. The second-order valence-electron chi connectivity index (χ2n) is 9.44. The maximum atomic E-state index is 5.61. The van der Waals surface area contributed by atoms with Crippen LogP contribution < -0.4 is 25.9 Å². The van der Waals surface area contributed by atoms with Gasteiger partial charge in [0.2, 0.25) is 0 Å². The van der Waals surface area contributed by atoms with Gasteiger partial charge in [0, 0.05) is 23.0 Å². The highest BCUT2D eigenvalue weighted by Crippen LogP contribution is 2.55. The standard InChI is InChI=1S/C35H30N4P2/c1-5-17-30(18-6-1)40(31-19-7-2-8-20-31)39(35-26-14-16-28-37-35)29-41(32-21-9-3-10-22-32,33-23-11-4-12-24-33)38-34-25-13-15-27-36-34/h1-28H,29H2. The Morgan fingerprint density at radius 3 is 1.44 bits per heavy atom. The smallest absolute Gasteiger partial charge is 0.151 e. The van der Waals surface area contributed by atoms with Crippen LogP contribution in [0.2, 0.25) is 0 Å². The number of aromatic nitrogens is 2. The summed E-state index contributed by atoms with van der Waals surface area (Å²) in [5, 5.41) is 4.93. The van der Waals surface area contributed by atoms with Gasteiger partial charge < -0.3 is 4.67 Å². The lowest BCUT2D eigenvalue weighted by Gasteiger charge is -2.38. The molecule has 2 aromatic heterocycles. The van der Waals surface area contributed by atoms with Gasteiger partial charge in [-0.05, 0) is 34.9 Å². The predicted octanol–water partition coefficient (Wildman–Crippen LogP) is 7.47. The molecule has 0 amide bonds. The topological polar surface area (TPSA) is 41.4 Å². The molecular weight excluding hydrogens is 538 g/mol. The Kier molecular flexibility index (Phi) is 8.43. The largest absolute Gasteiger partial charge is 0.321 e. The van der Waals surface area contributed by atoms with Crippen molar-refractivity contribution in [3.63, 3.8) is 0 Å². The summed E-state index contributed by atoms with van der Waals surface area (Å²) in [7, 11) is -3.47. The second kappa shape index (κ2) is 12.9. The van der Waals surface area contributed by atoms with E-state index in [1.807, 2.05) is 36.7 Å². The van der Waals surface area contributed by atoms with Crippen molar-refractivity contribution in [2.75, 3.05) is 11.0 Å². The average molecular weight is 569 g/mol. The van der Waals surface area contributed by atoms with Gasteiger partial charge in [-0.2, -0.15) is 0 Å². The minimum Gasteiger partial charge on any atom is -0.321 e. The molecule has 0 saturated carbocycles. The first-order valence-corrected chi connectivity index (χ1v) is 16.8. The van der Waals surface area contributed by atoms with Gasteiger partial charge in [-0.25, -0.2) is 14.7 Å². The third kappa shape index (κ3) is 6.05. The molecule has 6 rings (SSSR count).